The Balaban J connectivity index is 1.84. The van der Waals surface area contributed by atoms with Crippen molar-refractivity contribution in [1.82, 2.24) is 10.2 Å². The molecule has 4 rings (SSSR count). The molecule has 0 aromatic carbocycles. The molecule has 5 heteroatoms. The third kappa shape index (κ3) is 0.917. The van der Waals surface area contributed by atoms with Crippen LogP contribution >= 0.6 is 11.3 Å². The van der Waals surface area contributed by atoms with Crippen molar-refractivity contribution in [3.8, 4) is 0 Å². The van der Waals surface area contributed by atoms with Crippen LogP contribution in [0, 0.1) is 0 Å². The summed E-state index contributed by atoms with van der Waals surface area (Å²) < 4.78 is 0. The molecule has 82 valence electrons. The van der Waals surface area contributed by atoms with E-state index in [4.69, 9.17) is 0 Å². The Labute approximate surface area is 97.2 Å². The zero-order valence-electron chi connectivity index (χ0n) is 8.64. The molecule has 1 atom stereocenters. The first-order valence-electron chi connectivity index (χ1n) is 5.46. The molecule has 0 bridgehead atoms. The smallest absolute Gasteiger partial charge is 0.251 e. The highest BCUT2D eigenvalue weighted by molar-refractivity contribution is 7.14. The molecule has 1 fully saturated rings. The lowest BCUT2D eigenvalue weighted by Crippen LogP contribution is -2.48. The minimum Gasteiger partial charge on any atom is -0.368 e. The van der Waals surface area contributed by atoms with Gasteiger partial charge in [0.1, 0.15) is 11.9 Å². The van der Waals surface area contributed by atoms with E-state index in [0.717, 1.165) is 25.3 Å². The van der Waals surface area contributed by atoms with Crippen LogP contribution in [0.3, 0.4) is 0 Å². The van der Waals surface area contributed by atoms with E-state index < -0.39 is 0 Å². The molecule has 3 aliphatic rings. The van der Waals surface area contributed by atoms with Crippen molar-refractivity contribution < 1.29 is 4.79 Å². The zero-order chi connectivity index (χ0) is 10.7. The van der Waals surface area contributed by atoms with Crippen LogP contribution in [0.5, 0.6) is 0 Å². The molecule has 1 aromatic heterocycles. The fourth-order valence-corrected chi connectivity index (χ4v) is 3.65. The van der Waals surface area contributed by atoms with E-state index in [2.05, 4.69) is 27.9 Å². The Morgan fingerprint density at radius 3 is 3.38 bits per heavy atom. The highest BCUT2D eigenvalue weighted by Gasteiger charge is 2.42. The van der Waals surface area contributed by atoms with Gasteiger partial charge in [-0.05, 0) is 17.0 Å². The van der Waals surface area contributed by atoms with Gasteiger partial charge in [0.2, 0.25) is 0 Å². The minimum absolute atomic E-state index is 0.00565. The minimum atomic E-state index is 0.00565. The summed E-state index contributed by atoms with van der Waals surface area (Å²) in [4.78, 5) is 16.3. The van der Waals surface area contributed by atoms with Crippen LogP contribution in [0.15, 0.2) is 23.5 Å². The van der Waals surface area contributed by atoms with Gasteiger partial charge in [-0.1, -0.05) is 0 Å². The second-order valence-corrected chi connectivity index (χ2v) is 5.20. The average molecular weight is 233 g/mol. The first-order chi connectivity index (χ1) is 7.84. The lowest BCUT2D eigenvalue weighted by molar-refractivity contribution is -0.130. The van der Waals surface area contributed by atoms with Gasteiger partial charge in [0.25, 0.3) is 5.91 Å². The summed E-state index contributed by atoms with van der Waals surface area (Å²) in [6.07, 6.45) is 2.94. The Bertz CT molecular complexity index is 507. The van der Waals surface area contributed by atoms with Crippen LogP contribution in [-0.4, -0.2) is 29.9 Å². The second kappa shape index (κ2) is 2.79. The van der Waals surface area contributed by atoms with Gasteiger partial charge >= 0.3 is 0 Å². The number of amides is 1. The molecule has 16 heavy (non-hydrogen) atoms. The standard InChI is InChI=1S/C11H11N3OS/c15-10-8-5-7-1-4-16-11(7)14(8)6-9-12-2-3-13(9)10/h1,4,6,8,12H,2-3,5H2. The predicted octanol–water partition coefficient (Wildman–Crippen LogP) is 0.724. The quantitative estimate of drug-likeness (QED) is 0.717. The first-order valence-corrected chi connectivity index (χ1v) is 6.34. The Morgan fingerprint density at radius 2 is 2.44 bits per heavy atom. The number of hydrogen-bond acceptors (Lipinski definition) is 4. The van der Waals surface area contributed by atoms with Crippen molar-refractivity contribution in [1.29, 1.82) is 0 Å². The fraction of sp³-hybridized carbons (Fsp3) is 0.364. The highest BCUT2D eigenvalue weighted by atomic mass is 32.1. The van der Waals surface area contributed by atoms with Crippen molar-refractivity contribution in [2.24, 2.45) is 0 Å². The van der Waals surface area contributed by atoms with Gasteiger partial charge in [-0.25, -0.2) is 0 Å². The number of carbonyl (C=O) groups excluding carboxylic acids is 1. The van der Waals surface area contributed by atoms with Gasteiger partial charge in [0.15, 0.2) is 0 Å². The molecule has 0 aliphatic carbocycles. The molecule has 0 radical (unpaired) electrons. The van der Waals surface area contributed by atoms with E-state index in [9.17, 15) is 4.79 Å². The largest absolute Gasteiger partial charge is 0.368 e. The normalized spacial score (nSPS) is 26.1. The molecule has 4 nitrogen and oxygen atoms in total. The van der Waals surface area contributed by atoms with Crippen LogP contribution in [0.4, 0.5) is 5.00 Å². The molecular weight excluding hydrogens is 222 g/mol. The number of nitrogens with one attached hydrogen (secondary N) is 1. The molecule has 0 saturated carbocycles. The molecular formula is C11H11N3OS. The number of hydrogen-bond donors (Lipinski definition) is 1. The highest BCUT2D eigenvalue weighted by Crippen LogP contribution is 2.40. The maximum atomic E-state index is 12.3. The molecule has 1 unspecified atom stereocenters. The van der Waals surface area contributed by atoms with E-state index >= 15 is 0 Å². The van der Waals surface area contributed by atoms with Gasteiger partial charge < -0.3 is 10.2 Å². The molecule has 0 spiro atoms. The number of thiophene rings is 1. The number of rotatable bonds is 0. The fourth-order valence-electron chi connectivity index (χ4n) is 2.68. The Hall–Kier alpha value is -1.49. The van der Waals surface area contributed by atoms with Crippen molar-refractivity contribution in [3.05, 3.63) is 29.0 Å². The monoisotopic (exact) mass is 233 g/mol. The average Bonchev–Trinajstić information content (AvgIpc) is 2.93. The summed E-state index contributed by atoms with van der Waals surface area (Å²) in [5.74, 6) is 1.20. The summed E-state index contributed by atoms with van der Waals surface area (Å²) in [5, 5.41) is 6.58. The summed E-state index contributed by atoms with van der Waals surface area (Å²) >= 11 is 1.72. The summed E-state index contributed by atoms with van der Waals surface area (Å²) in [6, 6.07) is 2.13. The van der Waals surface area contributed by atoms with Crippen molar-refractivity contribution in [2.45, 2.75) is 12.5 Å². The van der Waals surface area contributed by atoms with E-state index in [0.29, 0.717) is 0 Å². The van der Waals surface area contributed by atoms with Crippen LogP contribution in [0.2, 0.25) is 0 Å². The van der Waals surface area contributed by atoms with Gasteiger partial charge in [-0.3, -0.25) is 9.69 Å². The topological polar surface area (TPSA) is 35.6 Å². The molecule has 1 N–H and O–H groups in total. The summed E-state index contributed by atoms with van der Waals surface area (Å²) in [7, 11) is 0. The van der Waals surface area contributed by atoms with Gasteiger partial charge in [0.05, 0.1) is 5.00 Å². The maximum Gasteiger partial charge on any atom is 0.251 e. The predicted molar refractivity (Wildman–Crippen MR) is 62.1 cm³/mol. The Morgan fingerprint density at radius 1 is 1.50 bits per heavy atom. The van der Waals surface area contributed by atoms with E-state index in [1.54, 1.807) is 11.3 Å². The third-order valence-corrected chi connectivity index (χ3v) is 4.42. The molecule has 1 aromatic rings. The molecule has 1 saturated heterocycles. The summed E-state index contributed by atoms with van der Waals surface area (Å²) in [5.41, 5.74) is 1.31. The number of nitrogens with zero attached hydrogens (tertiary/aromatic N) is 2. The zero-order valence-corrected chi connectivity index (χ0v) is 9.46. The van der Waals surface area contributed by atoms with Crippen LogP contribution in [0.25, 0.3) is 0 Å². The van der Waals surface area contributed by atoms with E-state index in [1.807, 2.05) is 4.90 Å². The number of fused-ring (bicyclic) bond motifs is 4. The SMILES string of the molecule is O=C1C2Cc3ccsc3N2C=C2NCCN12. The van der Waals surface area contributed by atoms with Gasteiger partial charge in [-0.2, -0.15) is 0 Å². The number of anilines is 1. The van der Waals surface area contributed by atoms with Crippen LogP contribution in [-0.2, 0) is 11.2 Å². The van der Waals surface area contributed by atoms with E-state index in [-0.39, 0.29) is 11.9 Å². The lowest BCUT2D eigenvalue weighted by Gasteiger charge is -2.32. The second-order valence-electron chi connectivity index (χ2n) is 4.31. The van der Waals surface area contributed by atoms with E-state index in [1.165, 1.54) is 10.6 Å². The number of carbonyl (C=O) groups is 1. The van der Waals surface area contributed by atoms with Gasteiger partial charge in [0, 0.05) is 25.7 Å². The molecule has 3 aliphatic heterocycles. The van der Waals surface area contributed by atoms with Gasteiger partial charge in [-0.15, -0.1) is 11.3 Å². The van der Waals surface area contributed by atoms with Crippen molar-refractivity contribution >= 4 is 22.2 Å². The first kappa shape index (κ1) is 8.64. The van der Waals surface area contributed by atoms with Crippen LogP contribution < -0.4 is 10.2 Å². The lowest BCUT2D eigenvalue weighted by atomic mass is 10.1. The molecule has 4 heterocycles. The molecule has 1 amide bonds. The van der Waals surface area contributed by atoms with Crippen LogP contribution in [0.1, 0.15) is 5.56 Å². The van der Waals surface area contributed by atoms with Crippen molar-refractivity contribution in [2.75, 3.05) is 18.0 Å². The summed E-state index contributed by atoms with van der Waals surface area (Å²) in [6.45, 7) is 1.68. The maximum absolute atomic E-state index is 12.3. The Kier molecular flexibility index (Phi) is 1.51. The third-order valence-electron chi connectivity index (χ3n) is 3.45. The van der Waals surface area contributed by atoms with Crippen molar-refractivity contribution in [3.63, 3.8) is 0 Å².